The van der Waals surface area contributed by atoms with E-state index in [4.69, 9.17) is 10.5 Å². The average Bonchev–Trinajstić information content (AvgIpc) is 2.38. The van der Waals surface area contributed by atoms with Crippen LogP contribution in [0.25, 0.3) is 0 Å². The van der Waals surface area contributed by atoms with Crippen LogP contribution < -0.4 is 10.5 Å². The summed E-state index contributed by atoms with van der Waals surface area (Å²) in [5, 5.41) is 0. The first-order valence-corrected chi connectivity index (χ1v) is 7.00. The van der Waals surface area contributed by atoms with Crippen molar-refractivity contribution in [1.29, 1.82) is 0 Å². The third-order valence-corrected chi connectivity index (χ3v) is 3.34. The summed E-state index contributed by atoms with van der Waals surface area (Å²) in [5.74, 6) is 1.70. The highest BCUT2D eigenvalue weighted by Crippen LogP contribution is 2.28. The average molecular weight is 269 g/mol. The topological polar surface area (TPSA) is 35.2 Å². The Bertz CT molecular complexity index is 565. The predicted molar refractivity (Wildman–Crippen MR) is 84.3 cm³/mol. The van der Waals surface area contributed by atoms with Gasteiger partial charge in [0.25, 0.3) is 0 Å². The number of hydrogen-bond donors (Lipinski definition) is 1. The minimum absolute atomic E-state index is 0.0493. The number of benzene rings is 2. The lowest BCUT2D eigenvalue weighted by atomic mass is 9.87. The van der Waals surface area contributed by atoms with Gasteiger partial charge in [0.05, 0.1) is 0 Å². The van der Waals surface area contributed by atoms with Crippen molar-refractivity contribution in [3.05, 3.63) is 59.7 Å². The standard InChI is InChI=1S/C18H23NO/c1-13(19)14-8-10-16(11-9-14)20-17-7-5-6-15(12-17)18(2,3)4/h5-13H,19H2,1-4H3. The lowest BCUT2D eigenvalue weighted by Crippen LogP contribution is -2.10. The quantitative estimate of drug-likeness (QED) is 0.869. The van der Waals surface area contributed by atoms with Crippen LogP contribution in [0.1, 0.15) is 44.9 Å². The molecule has 2 N–H and O–H groups in total. The van der Waals surface area contributed by atoms with E-state index in [1.54, 1.807) is 0 Å². The zero-order chi connectivity index (χ0) is 14.8. The van der Waals surface area contributed by atoms with E-state index in [1.165, 1.54) is 5.56 Å². The molecule has 106 valence electrons. The molecule has 0 saturated carbocycles. The van der Waals surface area contributed by atoms with Crippen molar-refractivity contribution in [2.75, 3.05) is 0 Å². The molecule has 2 heteroatoms. The largest absolute Gasteiger partial charge is 0.457 e. The summed E-state index contributed by atoms with van der Waals surface area (Å²) in [7, 11) is 0. The minimum Gasteiger partial charge on any atom is -0.457 e. The SMILES string of the molecule is CC(N)c1ccc(Oc2cccc(C(C)(C)C)c2)cc1. The van der Waals surface area contributed by atoms with Crippen molar-refractivity contribution in [1.82, 2.24) is 0 Å². The van der Waals surface area contributed by atoms with E-state index >= 15 is 0 Å². The third kappa shape index (κ3) is 3.61. The molecule has 0 saturated heterocycles. The molecule has 0 heterocycles. The van der Waals surface area contributed by atoms with Gasteiger partial charge in [0.2, 0.25) is 0 Å². The van der Waals surface area contributed by atoms with Crippen molar-refractivity contribution in [2.45, 2.75) is 39.2 Å². The summed E-state index contributed by atoms with van der Waals surface area (Å²) >= 11 is 0. The maximum atomic E-state index is 5.91. The van der Waals surface area contributed by atoms with E-state index < -0.39 is 0 Å². The number of ether oxygens (including phenoxy) is 1. The molecule has 0 aliphatic rings. The highest BCUT2D eigenvalue weighted by atomic mass is 16.5. The second kappa shape index (κ2) is 5.68. The Balaban J connectivity index is 2.18. The van der Waals surface area contributed by atoms with Gasteiger partial charge in [0.15, 0.2) is 0 Å². The zero-order valence-electron chi connectivity index (χ0n) is 12.7. The van der Waals surface area contributed by atoms with Crippen LogP contribution >= 0.6 is 0 Å². The Morgan fingerprint density at radius 3 is 2.15 bits per heavy atom. The molecule has 0 aliphatic heterocycles. The Morgan fingerprint density at radius 2 is 1.60 bits per heavy atom. The van der Waals surface area contributed by atoms with Gasteiger partial charge in [-0.25, -0.2) is 0 Å². The molecule has 20 heavy (non-hydrogen) atoms. The smallest absolute Gasteiger partial charge is 0.127 e. The minimum atomic E-state index is 0.0493. The van der Waals surface area contributed by atoms with Gasteiger partial charge in [-0.3, -0.25) is 0 Å². The molecule has 0 fully saturated rings. The molecule has 0 aliphatic carbocycles. The Kier molecular flexibility index (Phi) is 4.15. The number of nitrogens with two attached hydrogens (primary N) is 1. The summed E-state index contributed by atoms with van der Waals surface area (Å²) in [6.45, 7) is 8.57. The van der Waals surface area contributed by atoms with Crippen LogP contribution in [-0.2, 0) is 5.41 Å². The molecule has 0 bridgehead atoms. The molecular weight excluding hydrogens is 246 g/mol. The third-order valence-electron chi connectivity index (χ3n) is 3.34. The van der Waals surface area contributed by atoms with Gasteiger partial charge in [-0.1, -0.05) is 45.0 Å². The Morgan fingerprint density at radius 1 is 0.950 bits per heavy atom. The maximum Gasteiger partial charge on any atom is 0.127 e. The van der Waals surface area contributed by atoms with Gasteiger partial charge in [0.1, 0.15) is 11.5 Å². The van der Waals surface area contributed by atoms with Crippen LogP contribution in [0, 0.1) is 0 Å². The van der Waals surface area contributed by atoms with Gasteiger partial charge in [-0.05, 0) is 47.7 Å². The first-order valence-electron chi connectivity index (χ1n) is 7.00. The monoisotopic (exact) mass is 269 g/mol. The lowest BCUT2D eigenvalue weighted by Gasteiger charge is -2.19. The van der Waals surface area contributed by atoms with Gasteiger partial charge >= 0.3 is 0 Å². The fourth-order valence-electron chi connectivity index (χ4n) is 2.00. The molecule has 0 aromatic heterocycles. The highest BCUT2D eigenvalue weighted by molar-refractivity contribution is 5.37. The Hall–Kier alpha value is -1.80. The fraction of sp³-hybridized carbons (Fsp3) is 0.333. The second-order valence-electron chi connectivity index (χ2n) is 6.24. The van der Waals surface area contributed by atoms with Crippen LogP contribution in [-0.4, -0.2) is 0 Å². The van der Waals surface area contributed by atoms with Crippen LogP contribution in [0.15, 0.2) is 48.5 Å². The van der Waals surface area contributed by atoms with Crippen molar-refractivity contribution in [3.8, 4) is 11.5 Å². The van der Waals surface area contributed by atoms with E-state index in [0.29, 0.717) is 0 Å². The van der Waals surface area contributed by atoms with Crippen LogP contribution in [0.4, 0.5) is 0 Å². The predicted octanol–water partition coefficient (Wildman–Crippen LogP) is 4.80. The van der Waals surface area contributed by atoms with Crippen LogP contribution in [0.5, 0.6) is 11.5 Å². The summed E-state index contributed by atoms with van der Waals surface area (Å²) in [4.78, 5) is 0. The number of rotatable bonds is 3. The first-order chi connectivity index (χ1) is 9.36. The van der Waals surface area contributed by atoms with Crippen molar-refractivity contribution in [2.24, 2.45) is 5.73 Å². The van der Waals surface area contributed by atoms with E-state index in [1.807, 2.05) is 43.3 Å². The summed E-state index contributed by atoms with van der Waals surface area (Å²) in [5.41, 5.74) is 8.34. The highest BCUT2D eigenvalue weighted by Gasteiger charge is 2.14. The van der Waals surface area contributed by atoms with Crippen molar-refractivity contribution in [3.63, 3.8) is 0 Å². The molecule has 1 unspecified atom stereocenters. The molecule has 2 nitrogen and oxygen atoms in total. The normalized spacial score (nSPS) is 13.1. The molecular formula is C18H23NO. The summed E-state index contributed by atoms with van der Waals surface area (Å²) in [6, 6.07) is 16.2. The van der Waals surface area contributed by atoms with Crippen LogP contribution in [0.3, 0.4) is 0 Å². The first kappa shape index (κ1) is 14.6. The fourth-order valence-corrected chi connectivity index (χ4v) is 2.00. The van der Waals surface area contributed by atoms with Gasteiger partial charge < -0.3 is 10.5 Å². The summed E-state index contributed by atoms with van der Waals surface area (Å²) in [6.07, 6.45) is 0. The van der Waals surface area contributed by atoms with Crippen molar-refractivity contribution < 1.29 is 4.74 Å². The second-order valence-corrected chi connectivity index (χ2v) is 6.24. The van der Waals surface area contributed by atoms with Gasteiger partial charge in [0, 0.05) is 6.04 Å². The molecule has 0 amide bonds. The van der Waals surface area contributed by atoms with E-state index in [2.05, 4.69) is 32.9 Å². The molecule has 0 radical (unpaired) electrons. The lowest BCUT2D eigenvalue weighted by molar-refractivity contribution is 0.478. The van der Waals surface area contributed by atoms with E-state index in [-0.39, 0.29) is 11.5 Å². The van der Waals surface area contributed by atoms with Gasteiger partial charge in [-0.15, -0.1) is 0 Å². The molecule has 2 aromatic rings. The molecule has 2 aromatic carbocycles. The Labute approximate surface area is 121 Å². The maximum absolute atomic E-state index is 5.91. The van der Waals surface area contributed by atoms with E-state index in [0.717, 1.165) is 17.1 Å². The van der Waals surface area contributed by atoms with E-state index in [9.17, 15) is 0 Å². The molecule has 2 rings (SSSR count). The zero-order valence-corrected chi connectivity index (χ0v) is 12.7. The van der Waals surface area contributed by atoms with Gasteiger partial charge in [-0.2, -0.15) is 0 Å². The number of hydrogen-bond acceptors (Lipinski definition) is 2. The molecule has 0 spiro atoms. The summed E-state index contributed by atoms with van der Waals surface area (Å²) < 4.78 is 5.91. The molecule has 1 atom stereocenters. The van der Waals surface area contributed by atoms with Crippen LogP contribution in [0.2, 0.25) is 0 Å². The van der Waals surface area contributed by atoms with Crippen molar-refractivity contribution >= 4 is 0 Å².